The van der Waals surface area contributed by atoms with Crippen molar-refractivity contribution in [1.29, 1.82) is 0 Å². The molecule has 1 saturated heterocycles. The van der Waals surface area contributed by atoms with Crippen LogP contribution in [0.3, 0.4) is 0 Å². The maximum Gasteiger partial charge on any atom is 0.228 e. The Balaban J connectivity index is 1.64. The van der Waals surface area contributed by atoms with Crippen LogP contribution in [0.2, 0.25) is 0 Å². The molecule has 3 rings (SSSR count). The molecule has 2 amide bonds. The van der Waals surface area contributed by atoms with Gasteiger partial charge >= 0.3 is 0 Å². The number of piperidine rings is 1. The summed E-state index contributed by atoms with van der Waals surface area (Å²) in [6.45, 7) is 1.89. The summed E-state index contributed by atoms with van der Waals surface area (Å²) in [5, 5.41) is 5.73. The number of fused-ring (bicyclic) bond motifs is 1. The molecule has 0 unspecified atom stereocenters. The highest BCUT2D eigenvalue weighted by Crippen LogP contribution is 2.30. The largest absolute Gasteiger partial charge is 0.398 e. The third kappa shape index (κ3) is 3.99. The second-order valence-electron chi connectivity index (χ2n) is 6.93. The van der Waals surface area contributed by atoms with E-state index in [1.165, 1.54) is 0 Å². The number of hydrogen-bond acceptors (Lipinski definition) is 5. The third-order valence-corrected chi connectivity index (χ3v) is 4.95. The van der Waals surface area contributed by atoms with Gasteiger partial charge < -0.3 is 21.3 Å². The number of Topliss-reactive ketones (excluding diaryl/α,β-unsaturated/α-hetero) is 1. The van der Waals surface area contributed by atoms with Gasteiger partial charge in [-0.15, -0.1) is 0 Å². The number of benzene rings is 1. The lowest BCUT2D eigenvalue weighted by atomic mass is 9.95. The fraction of sp³-hybridized carbons (Fsp3) is 0.500. The van der Waals surface area contributed by atoms with Gasteiger partial charge in [-0.25, -0.2) is 0 Å². The molecule has 2 aliphatic heterocycles. The number of nitrogen functional groups attached to an aromatic ring is 1. The molecule has 1 atom stereocenters. The van der Waals surface area contributed by atoms with Crippen LogP contribution in [-0.2, 0) is 9.59 Å². The van der Waals surface area contributed by atoms with Gasteiger partial charge in [-0.2, -0.15) is 0 Å². The van der Waals surface area contributed by atoms with Gasteiger partial charge in [-0.05, 0) is 45.1 Å². The van der Waals surface area contributed by atoms with Crippen molar-refractivity contribution < 1.29 is 14.4 Å². The fourth-order valence-corrected chi connectivity index (χ4v) is 3.47. The number of rotatable bonds is 3. The lowest BCUT2D eigenvalue weighted by Crippen LogP contribution is -2.44. The van der Waals surface area contributed by atoms with Crippen LogP contribution >= 0.6 is 0 Å². The Bertz CT molecular complexity index is 696. The molecule has 0 aliphatic carbocycles. The van der Waals surface area contributed by atoms with Gasteiger partial charge in [0.15, 0.2) is 5.78 Å². The maximum atomic E-state index is 12.5. The molecule has 0 radical (unpaired) electrons. The summed E-state index contributed by atoms with van der Waals surface area (Å²) in [5.74, 6) is -1.37. The van der Waals surface area contributed by atoms with Gasteiger partial charge in [0.2, 0.25) is 11.8 Å². The number of nitrogens with two attached hydrogens (primary N) is 1. The van der Waals surface area contributed by atoms with Crippen molar-refractivity contribution in [2.75, 3.05) is 31.2 Å². The van der Waals surface area contributed by atoms with Crippen molar-refractivity contribution in [2.45, 2.75) is 31.7 Å². The molecule has 1 aromatic carbocycles. The molecule has 7 nitrogen and oxygen atoms in total. The van der Waals surface area contributed by atoms with E-state index in [0.717, 1.165) is 25.9 Å². The van der Waals surface area contributed by atoms with E-state index in [1.54, 1.807) is 18.2 Å². The lowest BCUT2D eigenvalue weighted by Gasteiger charge is -2.29. The summed E-state index contributed by atoms with van der Waals surface area (Å²) in [4.78, 5) is 39.4. The molecule has 2 heterocycles. The number of anilines is 2. The minimum absolute atomic E-state index is 0.00608. The number of likely N-dealkylation sites (tertiary alicyclic amines) is 1. The van der Waals surface area contributed by atoms with Crippen LogP contribution in [0, 0.1) is 5.92 Å². The highest BCUT2D eigenvalue weighted by Gasteiger charge is 2.32. The van der Waals surface area contributed by atoms with Crippen LogP contribution in [0.15, 0.2) is 18.2 Å². The number of hydrogen-bond donors (Lipinski definition) is 3. The Morgan fingerprint density at radius 2 is 2.04 bits per heavy atom. The van der Waals surface area contributed by atoms with Crippen LogP contribution in [-0.4, -0.2) is 48.7 Å². The van der Waals surface area contributed by atoms with Crippen molar-refractivity contribution in [1.82, 2.24) is 10.2 Å². The molecule has 7 heteroatoms. The predicted octanol–water partition coefficient (Wildman–Crippen LogP) is 1.01. The molecule has 1 fully saturated rings. The van der Waals surface area contributed by atoms with Gasteiger partial charge in [-0.3, -0.25) is 14.4 Å². The fourth-order valence-electron chi connectivity index (χ4n) is 3.47. The number of nitrogens with zero attached hydrogens (tertiary/aromatic N) is 1. The van der Waals surface area contributed by atoms with Crippen molar-refractivity contribution in [2.24, 2.45) is 5.92 Å². The van der Waals surface area contributed by atoms with E-state index < -0.39 is 5.92 Å². The van der Waals surface area contributed by atoms with E-state index in [1.807, 2.05) is 0 Å². The van der Waals surface area contributed by atoms with E-state index >= 15 is 0 Å². The van der Waals surface area contributed by atoms with Gasteiger partial charge in [-0.1, -0.05) is 6.07 Å². The second-order valence-corrected chi connectivity index (χ2v) is 6.93. The minimum atomic E-state index is -0.675. The molecule has 2 aliphatic rings. The molecular formula is C18H24N4O3. The van der Waals surface area contributed by atoms with Gasteiger partial charge in [0, 0.05) is 24.6 Å². The van der Waals surface area contributed by atoms with E-state index in [0.29, 0.717) is 16.9 Å². The van der Waals surface area contributed by atoms with Crippen LogP contribution in [0.1, 0.15) is 36.0 Å². The Morgan fingerprint density at radius 3 is 2.76 bits per heavy atom. The zero-order valence-corrected chi connectivity index (χ0v) is 14.4. The van der Waals surface area contributed by atoms with Crippen molar-refractivity contribution in [3.63, 3.8) is 0 Å². The first-order chi connectivity index (χ1) is 11.9. The smallest absolute Gasteiger partial charge is 0.228 e. The Labute approximate surface area is 146 Å². The topological polar surface area (TPSA) is 105 Å². The SMILES string of the molecule is CN1CCC(NC(=O)C[C@@H]2CC(=O)c3c(N)cccc3NC2=O)CC1. The first kappa shape index (κ1) is 17.4. The predicted molar refractivity (Wildman–Crippen MR) is 95.2 cm³/mol. The highest BCUT2D eigenvalue weighted by atomic mass is 16.2. The monoisotopic (exact) mass is 344 g/mol. The second kappa shape index (κ2) is 7.23. The minimum Gasteiger partial charge on any atom is -0.398 e. The average molecular weight is 344 g/mol. The van der Waals surface area contributed by atoms with Crippen LogP contribution in [0.5, 0.6) is 0 Å². The summed E-state index contributed by atoms with van der Waals surface area (Å²) in [7, 11) is 2.06. The number of carbonyl (C=O) groups excluding carboxylic acids is 3. The van der Waals surface area contributed by atoms with E-state index in [2.05, 4.69) is 22.6 Å². The molecule has 4 N–H and O–H groups in total. The summed E-state index contributed by atoms with van der Waals surface area (Å²) < 4.78 is 0. The third-order valence-electron chi connectivity index (χ3n) is 4.95. The standard InChI is InChI=1S/C18H24N4O3/c1-22-7-5-12(6-8-22)20-16(24)10-11-9-15(23)17-13(19)3-2-4-14(17)21-18(11)25/h2-4,11-12H,5-10,19H2,1H3,(H,20,24)(H,21,25)/t11-/m0/s1. The maximum absolute atomic E-state index is 12.5. The van der Waals surface area contributed by atoms with Crippen LogP contribution < -0.4 is 16.4 Å². The lowest BCUT2D eigenvalue weighted by molar-refractivity contribution is -0.128. The number of carbonyl (C=O) groups is 3. The first-order valence-corrected chi connectivity index (χ1v) is 8.64. The van der Waals surface area contributed by atoms with Crippen molar-refractivity contribution >= 4 is 29.0 Å². The normalized spacial score (nSPS) is 22.0. The number of ketones is 1. The molecule has 0 aromatic heterocycles. The van der Waals surface area contributed by atoms with Crippen molar-refractivity contribution in [3.05, 3.63) is 23.8 Å². The molecular weight excluding hydrogens is 320 g/mol. The summed E-state index contributed by atoms with van der Waals surface area (Å²) in [5.41, 5.74) is 6.99. The van der Waals surface area contributed by atoms with E-state index in [4.69, 9.17) is 5.73 Å². The van der Waals surface area contributed by atoms with Crippen LogP contribution in [0.4, 0.5) is 11.4 Å². The highest BCUT2D eigenvalue weighted by molar-refractivity contribution is 6.13. The number of nitrogens with one attached hydrogen (secondary N) is 2. The van der Waals surface area contributed by atoms with Gasteiger partial charge in [0.25, 0.3) is 0 Å². The quantitative estimate of drug-likeness (QED) is 0.710. The van der Waals surface area contributed by atoms with Crippen LogP contribution in [0.25, 0.3) is 0 Å². The molecule has 0 bridgehead atoms. The number of amides is 2. The molecule has 0 spiro atoms. The van der Waals surface area contributed by atoms with Gasteiger partial charge in [0.1, 0.15) is 0 Å². The Morgan fingerprint density at radius 1 is 1.32 bits per heavy atom. The summed E-state index contributed by atoms with van der Waals surface area (Å²) in [6.07, 6.45) is 1.81. The van der Waals surface area contributed by atoms with Gasteiger partial charge in [0.05, 0.1) is 17.2 Å². The zero-order chi connectivity index (χ0) is 18.0. The molecule has 25 heavy (non-hydrogen) atoms. The molecule has 134 valence electrons. The summed E-state index contributed by atoms with van der Waals surface area (Å²) in [6, 6.07) is 5.12. The average Bonchev–Trinajstić information content (AvgIpc) is 2.67. The Kier molecular flexibility index (Phi) is 5.03. The summed E-state index contributed by atoms with van der Waals surface area (Å²) >= 11 is 0. The molecule has 0 saturated carbocycles. The first-order valence-electron chi connectivity index (χ1n) is 8.64. The van der Waals surface area contributed by atoms with E-state index in [9.17, 15) is 14.4 Å². The van der Waals surface area contributed by atoms with Crippen molar-refractivity contribution in [3.8, 4) is 0 Å². The molecule has 1 aromatic rings. The Hall–Kier alpha value is -2.41. The zero-order valence-electron chi connectivity index (χ0n) is 14.4. The van der Waals surface area contributed by atoms with E-state index in [-0.39, 0.29) is 36.5 Å².